The van der Waals surface area contributed by atoms with E-state index in [1.165, 1.54) is 0 Å². The fourth-order valence-electron chi connectivity index (χ4n) is 0.884. The molecule has 0 saturated carbocycles. The first kappa shape index (κ1) is 10.0. The summed E-state index contributed by atoms with van der Waals surface area (Å²) < 4.78 is 10.3. The zero-order valence-corrected chi connectivity index (χ0v) is 7.69. The third-order valence-electron chi connectivity index (χ3n) is 1.62. The van der Waals surface area contributed by atoms with Gasteiger partial charge in [-0.2, -0.15) is 0 Å². The second kappa shape index (κ2) is 5.56. The zero-order chi connectivity index (χ0) is 9.52. The Labute approximate surface area is 77.9 Å². The van der Waals surface area contributed by atoms with Crippen molar-refractivity contribution >= 4 is 0 Å². The molecule has 0 amide bonds. The first-order valence-electron chi connectivity index (χ1n) is 4.27. The van der Waals surface area contributed by atoms with Gasteiger partial charge in [-0.15, -0.1) is 0 Å². The maximum absolute atomic E-state index is 8.78. The highest BCUT2D eigenvalue weighted by Gasteiger charge is 1.93. The van der Waals surface area contributed by atoms with E-state index in [0.29, 0.717) is 6.61 Å². The summed E-state index contributed by atoms with van der Waals surface area (Å²) in [6, 6.07) is 7.26. The van der Waals surface area contributed by atoms with Crippen LogP contribution in [0.5, 0.6) is 5.75 Å². The van der Waals surface area contributed by atoms with E-state index in [9.17, 15) is 0 Å². The highest BCUT2D eigenvalue weighted by Crippen LogP contribution is 2.11. The van der Waals surface area contributed by atoms with Crippen molar-refractivity contribution in [2.45, 2.75) is 13.5 Å². The predicted octanol–water partition coefficient (Wildman–Crippen LogP) is 1.55. The number of hydrogen-bond donors (Lipinski definition) is 1. The molecule has 3 nitrogen and oxygen atoms in total. The molecular weight excluding hydrogens is 168 g/mol. The zero-order valence-electron chi connectivity index (χ0n) is 7.69. The van der Waals surface area contributed by atoms with Crippen LogP contribution in [0.1, 0.15) is 12.5 Å². The average Bonchev–Trinajstić information content (AvgIpc) is 2.19. The minimum absolute atomic E-state index is 0.0613. The lowest BCUT2D eigenvalue weighted by atomic mass is 10.2. The second-order valence-electron chi connectivity index (χ2n) is 2.56. The molecule has 0 spiro atoms. The van der Waals surface area contributed by atoms with E-state index in [2.05, 4.69) is 0 Å². The first-order chi connectivity index (χ1) is 6.36. The van der Waals surface area contributed by atoms with Crippen LogP contribution >= 0.6 is 0 Å². The quantitative estimate of drug-likeness (QED) is 0.554. The van der Waals surface area contributed by atoms with E-state index in [0.717, 1.165) is 11.3 Å². The van der Waals surface area contributed by atoms with Gasteiger partial charge in [0.15, 0.2) is 6.79 Å². The van der Waals surface area contributed by atoms with Gasteiger partial charge in [0.05, 0.1) is 6.61 Å². The van der Waals surface area contributed by atoms with Crippen LogP contribution in [0, 0.1) is 0 Å². The Bertz CT molecular complexity index is 230. The van der Waals surface area contributed by atoms with Crippen LogP contribution in [0.4, 0.5) is 0 Å². The monoisotopic (exact) mass is 182 g/mol. The molecule has 0 aliphatic heterocycles. The number of rotatable bonds is 5. The molecule has 0 bridgehead atoms. The van der Waals surface area contributed by atoms with Gasteiger partial charge in [0.2, 0.25) is 0 Å². The molecule has 0 heterocycles. The molecule has 0 aliphatic rings. The third kappa shape index (κ3) is 3.44. The Balaban J connectivity index is 2.40. The van der Waals surface area contributed by atoms with Crippen LogP contribution in [0.3, 0.4) is 0 Å². The summed E-state index contributed by atoms with van der Waals surface area (Å²) in [6.07, 6.45) is 0. The number of ether oxygens (including phenoxy) is 2. The van der Waals surface area contributed by atoms with E-state index in [1.807, 2.05) is 31.2 Å². The van der Waals surface area contributed by atoms with Gasteiger partial charge in [0.25, 0.3) is 0 Å². The van der Waals surface area contributed by atoms with Gasteiger partial charge in [-0.05, 0) is 24.6 Å². The van der Waals surface area contributed by atoms with Gasteiger partial charge >= 0.3 is 0 Å². The van der Waals surface area contributed by atoms with Crippen LogP contribution in [-0.2, 0) is 11.3 Å². The molecule has 13 heavy (non-hydrogen) atoms. The molecule has 1 rings (SSSR count). The van der Waals surface area contributed by atoms with Gasteiger partial charge in [-0.1, -0.05) is 12.1 Å². The van der Waals surface area contributed by atoms with E-state index in [1.54, 1.807) is 0 Å². The van der Waals surface area contributed by atoms with Crippen molar-refractivity contribution in [1.82, 2.24) is 0 Å². The van der Waals surface area contributed by atoms with Crippen molar-refractivity contribution in [3.63, 3.8) is 0 Å². The van der Waals surface area contributed by atoms with Crippen molar-refractivity contribution in [2.75, 3.05) is 13.4 Å². The second-order valence-corrected chi connectivity index (χ2v) is 2.56. The molecule has 0 unspecified atom stereocenters. The third-order valence-corrected chi connectivity index (χ3v) is 1.62. The average molecular weight is 182 g/mol. The molecule has 0 aromatic heterocycles. The molecule has 0 fully saturated rings. The van der Waals surface area contributed by atoms with Gasteiger partial charge in [-0.25, -0.2) is 0 Å². The molecule has 1 aromatic rings. The maximum Gasteiger partial charge on any atom is 0.189 e. The Morgan fingerprint density at radius 3 is 2.46 bits per heavy atom. The number of aliphatic hydroxyl groups is 1. The molecule has 1 aromatic carbocycles. The summed E-state index contributed by atoms with van der Waals surface area (Å²) in [5.74, 6) is 0.755. The molecule has 0 aliphatic carbocycles. The lowest BCUT2D eigenvalue weighted by Gasteiger charge is -2.05. The molecule has 3 heteroatoms. The lowest BCUT2D eigenvalue weighted by Crippen LogP contribution is -2.01. The Morgan fingerprint density at radius 1 is 1.23 bits per heavy atom. The number of benzene rings is 1. The summed E-state index contributed by atoms with van der Waals surface area (Å²) in [5, 5.41) is 8.78. The van der Waals surface area contributed by atoms with Crippen LogP contribution in [-0.4, -0.2) is 18.5 Å². The Kier molecular flexibility index (Phi) is 4.29. The standard InChI is InChI=1S/C10H14O3/c1-2-12-8-13-10-5-3-9(7-11)4-6-10/h3-6,11H,2,7-8H2,1H3. The predicted molar refractivity (Wildman–Crippen MR) is 49.5 cm³/mol. The topological polar surface area (TPSA) is 38.7 Å². The minimum Gasteiger partial charge on any atom is -0.468 e. The SMILES string of the molecule is CCOCOc1ccc(CO)cc1. The van der Waals surface area contributed by atoms with Crippen molar-refractivity contribution in [3.8, 4) is 5.75 Å². The maximum atomic E-state index is 8.78. The summed E-state index contributed by atoms with van der Waals surface area (Å²) in [7, 11) is 0. The highest BCUT2D eigenvalue weighted by molar-refractivity contribution is 5.26. The fraction of sp³-hybridized carbons (Fsp3) is 0.400. The molecule has 1 N–H and O–H groups in total. The Hall–Kier alpha value is -1.06. The van der Waals surface area contributed by atoms with Crippen molar-refractivity contribution < 1.29 is 14.6 Å². The first-order valence-corrected chi connectivity index (χ1v) is 4.27. The van der Waals surface area contributed by atoms with Crippen LogP contribution in [0.2, 0.25) is 0 Å². The van der Waals surface area contributed by atoms with Gasteiger partial charge < -0.3 is 14.6 Å². The van der Waals surface area contributed by atoms with E-state index in [-0.39, 0.29) is 13.4 Å². The van der Waals surface area contributed by atoms with Crippen molar-refractivity contribution in [2.24, 2.45) is 0 Å². The molecule has 0 radical (unpaired) electrons. The van der Waals surface area contributed by atoms with Crippen LogP contribution in [0.15, 0.2) is 24.3 Å². The largest absolute Gasteiger partial charge is 0.468 e. The summed E-state index contributed by atoms with van der Waals surface area (Å²) >= 11 is 0. The van der Waals surface area contributed by atoms with Crippen molar-refractivity contribution in [3.05, 3.63) is 29.8 Å². The van der Waals surface area contributed by atoms with Gasteiger partial charge in [0.1, 0.15) is 5.75 Å². The van der Waals surface area contributed by atoms with Crippen LogP contribution in [0.25, 0.3) is 0 Å². The summed E-state index contributed by atoms with van der Waals surface area (Å²) in [5.41, 5.74) is 0.878. The van der Waals surface area contributed by atoms with E-state index >= 15 is 0 Å². The van der Waals surface area contributed by atoms with E-state index < -0.39 is 0 Å². The Morgan fingerprint density at radius 2 is 1.92 bits per heavy atom. The fourth-order valence-corrected chi connectivity index (χ4v) is 0.884. The van der Waals surface area contributed by atoms with Gasteiger partial charge in [-0.3, -0.25) is 0 Å². The highest BCUT2D eigenvalue weighted by atomic mass is 16.7. The van der Waals surface area contributed by atoms with Gasteiger partial charge in [0, 0.05) is 6.61 Å². The number of hydrogen-bond acceptors (Lipinski definition) is 3. The molecule has 0 saturated heterocycles. The summed E-state index contributed by atoms with van der Waals surface area (Å²) in [4.78, 5) is 0. The number of aliphatic hydroxyl groups excluding tert-OH is 1. The van der Waals surface area contributed by atoms with Crippen molar-refractivity contribution in [1.29, 1.82) is 0 Å². The molecule has 0 atom stereocenters. The molecular formula is C10H14O3. The minimum atomic E-state index is 0.0613. The smallest absolute Gasteiger partial charge is 0.189 e. The van der Waals surface area contributed by atoms with E-state index in [4.69, 9.17) is 14.6 Å². The van der Waals surface area contributed by atoms with Crippen LogP contribution < -0.4 is 4.74 Å². The summed E-state index contributed by atoms with van der Waals surface area (Å²) in [6.45, 7) is 2.90. The lowest BCUT2D eigenvalue weighted by molar-refractivity contribution is 0.0224. The normalized spacial score (nSPS) is 10.0. The molecule has 72 valence electrons.